The van der Waals surface area contributed by atoms with Crippen LogP contribution in [0.2, 0.25) is 0 Å². The molecule has 0 saturated heterocycles. The third kappa shape index (κ3) is 5.09. The van der Waals surface area contributed by atoms with Crippen molar-refractivity contribution in [3.63, 3.8) is 0 Å². The molecule has 19 heavy (non-hydrogen) atoms. The topological polar surface area (TPSA) is 47.9 Å². The molecule has 1 rings (SSSR count). The van der Waals surface area contributed by atoms with Crippen molar-refractivity contribution in [1.29, 1.82) is 0 Å². The Morgan fingerprint density at radius 1 is 1.16 bits per heavy atom. The summed E-state index contributed by atoms with van der Waals surface area (Å²) in [6.45, 7) is 4.82. The summed E-state index contributed by atoms with van der Waals surface area (Å²) in [5, 5.41) is 10.3. The first kappa shape index (κ1) is 15.8. The predicted octanol–water partition coefficient (Wildman–Crippen LogP) is 2.42. The molecule has 0 aliphatic rings. The summed E-state index contributed by atoms with van der Waals surface area (Å²) in [6, 6.07) is 5.65. The number of benzene rings is 1. The lowest BCUT2D eigenvalue weighted by Gasteiger charge is -2.23. The second-order valence-corrected chi connectivity index (χ2v) is 4.92. The highest BCUT2D eigenvalue weighted by molar-refractivity contribution is 5.43. The van der Waals surface area contributed by atoms with E-state index in [1.165, 1.54) is 0 Å². The normalized spacial score (nSPS) is 13.9. The van der Waals surface area contributed by atoms with E-state index in [-0.39, 0.29) is 0 Å². The number of methoxy groups -OCH3 is 2. The molecule has 4 nitrogen and oxygen atoms in total. The van der Waals surface area contributed by atoms with Gasteiger partial charge in [-0.1, -0.05) is 13.0 Å². The second kappa shape index (κ2) is 7.36. The number of aliphatic hydroxyl groups is 1. The molecule has 0 spiro atoms. The van der Waals surface area contributed by atoms with Gasteiger partial charge in [-0.15, -0.1) is 0 Å². The summed E-state index contributed by atoms with van der Waals surface area (Å²) in [5.41, 5.74) is 0.108. The first-order valence-electron chi connectivity index (χ1n) is 6.53. The van der Waals surface area contributed by atoms with Crippen molar-refractivity contribution in [1.82, 2.24) is 0 Å². The molecule has 1 aromatic rings. The summed E-state index contributed by atoms with van der Waals surface area (Å²) in [4.78, 5) is 0. The maximum absolute atomic E-state index is 10.3. The number of hydrogen-bond donors (Lipinski definition) is 1. The van der Waals surface area contributed by atoms with Crippen molar-refractivity contribution in [2.75, 3.05) is 27.4 Å². The lowest BCUT2D eigenvalue weighted by Crippen LogP contribution is -2.33. The maximum Gasteiger partial charge on any atom is 0.160 e. The van der Waals surface area contributed by atoms with Crippen LogP contribution in [0.5, 0.6) is 11.5 Å². The van der Waals surface area contributed by atoms with E-state index in [0.29, 0.717) is 31.1 Å². The highest BCUT2D eigenvalue weighted by atomic mass is 16.5. The molecular formula is C15H24O4. The molecule has 0 heterocycles. The van der Waals surface area contributed by atoms with Gasteiger partial charge in [0.15, 0.2) is 11.5 Å². The first-order chi connectivity index (χ1) is 9.02. The zero-order valence-electron chi connectivity index (χ0n) is 12.2. The van der Waals surface area contributed by atoms with Crippen LogP contribution in [-0.4, -0.2) is 38.1 Å². The van der Waals surface area contributed by atoms with Gasteiger partial charge in [-0.2, -0.15) is 0 Å². The largest absolute Gasteiger partial charge is 0.493 e. The van der Waals surface area contributed by atoms with E-state index < -0.39 is 5.60 Å². The molecule has 1 unspecified atom stereocenters. The Kier molecular flexibility index (Phi) is 6.12. The molecule has 1 aromatic carbocycles. The number of ether oxygens (including phenoxy) is 3. The van der Waals surface area contributed by atoms with Gasteiger partial charge in [-0.05, 0) is 31.0 Å². The highest BCUT2D eigenvalue weighted by Crippen LogP contribution is 2.29. The molecule has 4 heteroatoms. The molecule has 0 aliphatic heterocycles. The standard InChI is InChI=1S/C15H24O4/c1-5-8-19-11-15(2,16)10-12-6-7-13(17-3)14(9-12)18-4/h6-7,9,16H,5,8,10-11H2,1-4H3. The van der Waals surface area contributed by atoms with Gasteiger partial charge in [-0.3, -0.25) is 0 Å². The summed E-state index contributed by atoms with van der Waals surface area (Å²) in [6.07, 6.45) is 1.46. The third-order valence-electron chi connectivity index (χ3n) is 2.79. The van der Waals surface area contributed by atoms with Gasteiger partial charge in [-0.25, -0.2) is 0 Å². The first-order valence-corrected chi connectivity index (χ1v) is 6.53. The van der Waals surface area contributed by atoms with Crippen LogP contribution >= 0.6 is 0 Å². The molecular weight excluding hydrogens is 244 g/mol. The molecule has 0 radical (unpaired) electrons. The Hall–Kier alpha value is -1.26. The van der Waals surface area contributed by atoms with Gasteiger partial charge in [0.05, 0.1) is 26.4 Å². The van der Waals surface area contributed by atoms with Crippen LogP contribution < -0.4 is 9.47 Å². The van der Waals surface area contributed by atoms with Gasteiger partial charge in [0.1, 0.15) is 0 Å². The van der Waals surface area contributed by atoms with Crippen molar-refractivity contribution < 1.29 is 19.3 Å². The van der Waals surface area contributed by atoms with Crippen molar-refractivity contribution in [3.8, 4) is 11.5 Å². The Morgan fingerprint density at radius 2 is 1.84 bits per heavy atom. The van der Waals surface area contributed by atoms with E-state index in [4.69, 9.17) is 14.2 Å². The van der Waals surface area contributed by atoms with Gasteiger partial charge in [0.2, 0.25) is 0 Å². The van der Waals surface area contributed by atoms with E-state index in [0.717, 1.165) is 12.0 Å². The molecule has 0 bridgehead atoms. The second-order valence-electron chi connectivity index (χ2n) is 4.92. The average molecular weight is 268 g/mol. The zero-order valence-corrected chi connectivity index (χ0v) is 12.2. The Balaban J connectivity index is 2.70. The molecule has 0 fully saturated rings. The van der Waals surface area contributed by atoms with Gasteiger partial charge >= 0.3 is 0 Å². The van der Waals surface area contributed by atoms with Crippen LogP contribution in [0.1, 0.15) is 25.8 Å². The van der Waals surface area contributed by atoms with Crippen LogP contribution in [0, 0.1) is 0 Å². The molecule has 0 aromatic heterocycles. The molecule has 1 N–H and O–H groups in total. The predicted molar refractivity (Wildman–Crippen MR) is 75.0 cm³/mol. The van der Waals surface area contributed by atoms with Crippen molar-refractivity contribution in [2.24, 2.45) is 0 Å². The lowest BCUT2D eigenvalue weighted by molar-refractivity contribution is -0.0328. The highest BCUT2D eigenvalue weighted by Gasteiger charge is 2.22. The SMILES string of the molecule is CCCOCC(C)(O)Cc1ccc(OC)c(OC)c1. The fourth-order valence-corrected chi connectivity index (χ4v) is 1.92. The number of hydrogen-bond acceptors (Lipinski definition) is 4. The summed E-state index contributed by atoms with van der Waals surface area (Å²) in [7, 11) is 3.20. The Bertz CT molecular complexity index is 388. The van der Waals surface area contributed by atoms with Gasteiger partial charge < -0.3 is 19.3 Å². The van der Waals surface area contributed by atoms with Gasteiger partial charge in [0.25, 0.3) is 0 Å². The summed E-state index contributed by atoms with van der Waals surface area (Å²) >= 11 is 0. The molecule has 0 saturated carbocycles. The quantitative estimate of drug-likeness (QED) is 0.736. The monoisotopic (exact) mass is 268 g/mol. The van der Waals surface area contributed by atoms with E-state index in [1.54, 1.807) is 21.1 Å². The van der Waals surface area contributed by atoms with E-state index >= 15 is 0 Å². The van der Waals surface area contributed by atoms with Crippen LogP contribution in [-0.2, 0) is 11.2 Å². The maximum atomic E-state index is 10.3. The molecule has 0 aliphatic carbocycles. The minimum atomic E-state index is -0.880. The fraction of sp³-hybridized carbons (Fsp3) is 0.600. The smallest absolute Gasteiger partial charge is 0.160 e. The van der Waals surface area contributed by atoms with Gasteiger partial charge in [0, 0.05) is 13.0 Å². The molecule has 108 valence electrons. The van der Waals surface area contributed by atoms with Crippen molar-refractivity contribution in [2.45, 2.75) is 32.3 Å². The van der Waals surface area contributed by atoms with E-state index in [9.17, 15) is 5.11 Å². The summed E-state index contributed by atoms with van der Waals surface area (Å²) in [5.74, 6) is 1.36. The minimum absolute atomic E-state index is 0.329. The van der Waals surface area contributed by atoms with E-state index in [1.807, 2.05) is 25.1 Å². The molecule has 0 amide bonds. The molecule has 1 atom stereocenters. The minimum Gasteiger partial charge on any atom is -0.493 e. The van der Waals surface area contributed by atoms with Crippen LogP contribution in [0.15, 0.2) is 18.2 Å². The fourth-order valence-electron chi connectivity index (χ4n) is 1.92. The average Bonchev–Trinajstić information content (AvgIpc) is 2.38. The Labute approximate surface area is 115 Å². The van der Waals surface area contributed by atoms with Crippen molar-refractivity contribution in [3.05, 3.63) is 23.8 Å². The Morgan fingerprint density at radius 3 is 2.42 bits per heavy atom. The third-order valence-corrected chi connectivity index (χ3v) is 2.79. The summed E-state index contributed by atoms with van der Waals surface area (Å²) < 4.78 is 15.9. The van der Waals surface area contributed by atoms with E-state index in [2.05, 4.69) is 0 Å². The zero-order chi connectivity index (χ0) is 14.3. The van der Waals surface area contributed by atoms with Crippen LogP contribution in [0.3, 0.4) is 0 Å². The van der Waals surface area contributed by atoms with Crippen molar-refractivity contribution >= 4 is 0 Å². The lowest BCUT2D eigenvalue weighted by atomic mass is 9.97. The number of rotatable bonds is 8. The van der Waals surface area contributed by atoms with Crippen LogP contribution in [0.25, 0.3) is 0 Å². The van der Waals surface area contributed by atoms with Crippen LogP contribution in [0.4, 0.5) is 0 Å².